The zero-order valence-electron chi connectivity index (χ0n) is 10.9. The van der Waals surface area contributed by atoms with Crippen LogP contribution >= 0.6 is 0 Å². The fraction of sp³-hybridized carbons (Fsp3) is 0.267. The summed E-state index contributed by atoms with van der Waals surface area (Å²) in [4.78, 5) is 4.16. The molecule has 0 spiro atoms. The summed E-state index contributed by atoms with van der Waals surface area (Å²) in [7, 11) is 0. The second-order valence-electron chi connectivity index (χ2n) is 4.21. The normalized spacial score (nSPS) is 10.4. The molecule has 0 aliphatic heterocycles. The van der Waals surface area contributed by atoms with Crippen molar-refractivity contribution in [1.82, 2.24) is 10.3 Å². The molecule has 1 heterocycles. The number of halogens is 1. The number of aromatic nitrogens is 1. The van der Waals surface area contributed by atoms with E-state index in [1.807, 2.05) is 6.07 Å². The van der Waals surface area contributed by atoms with Gasteiger partial charge >= 0.3 is 0 Å². The molecule has 0 aliphatic carbocycles. The molecule has 19 heavy (non-hydrogen) atoms. The van der Waals surface area contributed by atoms with E-state index in [1.54, 1.807) is 30.5 Å². The number of para-hydroxylation sites is 1. The molecule has 1 N–H and O–H groups in total. The summed E-state index contributed by atoms with van der Waals surface area (Å²) < 4.78 is 18.8. The van der Waals surface area contributed by atoms with Crippen molar-refractivity contribution in [3.8, 4) is 11.6 Å². The highest BCUT2D eigenvalue weighted by atomic mass is 19.1. The van der Waals surface area contributed by atoms with Crippen molar-refractivity contribution in [2.75, 3.05) is 6.54 Å². The predicted molar refractivity (Wildman–Crippen MR) is 72.7 cm³/mol. The first-order valence-electron chi connectivity index (χ1n) is 6.37. The molecule has 3 nitrogen and oxygen atoms in total. The van der Waals surface area contributed by atoms with Gasteiger partial charge in [-0.15, -0.1) is 0 Å². The monoisotopic (exact) mass is 260 g/mol. The van der Waals surface area contributed by atoms with Crippen LogP contribution in [-0.2, 0) is 6.54 Å². The van der Waals surface area contributed by atoms with E-state index in [1.165, 1.54) is 6.07 Å². The number of pyridine rings is 1. The number of nitrogens with one attached hydrogen (secondary N) is 1. The van der Waals surface area contributed by atoms with Gasteiger partial charge in [0.1, 0.15) is 0 Å². The van der Waals surface area contributed by atoms with Crippen LogP contribution in [0.5, 0.6) is 11.6 Å². The smallest absolute Gasteiger partial charge is 0.219 e. The fourth-order valence-electron chi connectivity index (χ4n) is 1.63. The van der Waals surface area contributed by atoms with Crippen molar-refractivity contribution >= 4 is 0 Å². The third-order valence-corrected chi connectivity index (χ3v) is 2.60. The highest BCUT2D eigenvalue weighted by Gasteiger charge is 2.04. The Morgan fingerprint density at radius 3 is 2.74 bits per heavy atom. The highest BCUT2D eigenvalue weighted by Crippen LogP contribution is 2.22. The van der Waals surface area contributed by atoms with E-state index in [0.717, 1.165) is 25.1 Å². The van der Waals surface area contributed by atoms with Crippen LogP contribution in [0.3, 0.4) is 0 Å². The molecule has 0 atom stereocenters. The Hall–Kier alpha value is -1.94. The Labute approximate surface area is 112 Å². The van der Waals surface area contributed by atoms with Crippen molar-refractivity contribution in [2.24, 2.45) is 0 Å². The molecule has 100 valence electrons. The zero-order chi connectivity index (χ0) is 13.5. The number of hydrogen-bond acceptors (Lipinski definition) is 3. The summed E-state index contributed by atoms with van der Waals surface area (Å²) in [6.45, 7) is 3.88. The lowest BCUT2D eigenvalue weighted by molar-refractivity contribution is 0.427. The SMILES string of the molecule is CCCNCc1ccc(Oc2ccccc2F)nc1. The highest BCUT2D eigenvalue weighted by molar-refractivity contribution is 5.29. The summed E-state index contributed by atoms with van der Waals surface area (Å²) in [6, 6.07) is 9.95. The van der Waals surface area contributed by atoms with Gasteiger partial charge in [-0.05, 0) is 30.7 Å². The Kier molecular flexibility index (Phi) is 4.86. The van der Waals surface area contributed by atoms with E-state index in [9.17, 15) is 4.39 Å². The van der Waals surface area contributed by atoms with E-state index < -0.39 is 5.82 Å². The number of hydrogen-bond donors (Lipinski definition) is 1. The lowest BCUT2D eigenvalue weighted by Crippen LogP contribution is -2.13. The molecular weight excluding hydrogens is 243 g/mol. The third kappa shape index (κ3) is 4.03. The van der Waals surface area contributed by atoms with Crippen LogP contribution in [0, 0.1) is 5.82 Å². The lowest BCUT2D eigenvalue weighted by atomic mass is 10.3. The fourth-order valence-corrected chi connectivity index (χ4v) is 1.63. The first-order valence-corrected chi connectivity index (χ1v) is 6.37. The summed E-state index contributed by atoms with van der Waals surface area (Å²) in [6.07, 6.45) is 2.83. The van der Waals surface area contributed by atoms with E-state index in [0.29, 0.717) is 5.88 Å². The van der Waals surface area contributed by atoms with E-state index >= 15 is 0 Å². The topological polar surface area (TPSA) is 34.1 Å². The van der Waals surface area contributed by atoms with Crippen LogP contribution in [-0.4, -0.2) is 11.5 Å². The molecule has 0 saturated carbocycles. The molecule has 1 aromatic carbocycles. The van der Waals surface area contributed by atoms with Gasteiger partial charge in [0.2, 0.25) is 5.88 Å². The van der Waals surface area contributed by atoms with Crippen molar-refractivity contribution in [1.29, 1.82) is 0 Å². The largest absolute Gasteiger partial charge is 0.436 e. The standard InChI is InChI=1S/C15H17FN2O/c1-2-9-17-10-12-7-8-15(18-11-12)19-14-6-4-3-5-13(14)16/h3-8,11,17H,2,9-10H2,1H3. The molecule has 0 amide bonds. The molecule has 4 heteroatoms. The Morgan fingerprint density at radius 1 is 1.21 bits per heavy atom. The molecule has 0 radical (unpaired) electrons. The number of ether oxygens (including phenoxy) is 1. The number of benzene rings is 1. The molecule has 0 saturated heterocycles. The van der Waals surface area contributed by atoms with Crippen LogP contribution < -0.4 is 10.1 Å². The van der Waals surface area contributed by atoms with Crippen molar-refractivity contribution < 1.29 is 9.13 Å². The molecule has 2 aromatic rings. The quantitative estimate of drug-likeness (QED) is 0.807. The summed E-state index contributed by atoms with van der Waals surface area (Å²) in [5.41, 5.74) is 1.08. The van der Waals surface area contributed by atoms with Crippen molar-refractivity contribution in [3.05, 3.63) is 54.0 Å². The minimum absolute atomic E-state index is 0.187. The number of rotatable bonds is 6. The van der Waals surface area contributed by atoms with Crippen molar-refractivity contribution in [2.45, 2.75) is 19.9 Å². The Balaban J connectivity index is 1.97. The second kappa shape index (κ2) is 6.85. The lowest BCUT2D eigenvalue weighted by Gasteiger charge is -2.07. The van der Waals surface area contributed by atoms with Gasteiger partial charge in [0, 0.05) is 18.8 Å². The maximum atomic E-state index is 13.4. The first kappa shape index (κ1) is 13.5. The molecule has 0 aliphatic rings. The summed E-state index contributed by atoms with van der Waals surface area (Å²) in [5, 5.41) is 3.29. The van der Waals surface area contributed by atoms with E-state index in [2.05, 4.69) is 17.2 Å². The summed E-state index contributed by atoms with van der Waals surface area (Å²) >= 11 is 0. The molecule has 0 fully saturated rings. The van der Waals surface area contributed by atoms with E-state index in [-0.39, 0.29) is 5.75 Å². The van der Waals surface area contributed by atoms with Gasteiger partial charge < -0.3 is 10.1 Å². The Morgan fingerprint density at radius 2 is 2.05 bits per heavy atom. The van der Waals surface area contributed by atoms with E-state index in [4.69, 9.17) is 4.74 Å². The molecular formula is C15H17FN2O. The minimum atomic E-state index is -0.391. The van der Waals surface area contributed by atoms with Gasteiger partial charge in [-0.2, -0.15) is 0 Å². The Bertz CT molecular complexity index is 514. The average Bonchev–Trinajstić information content (AvgIpc) is 2.44. The molecule has 0 bridgehead atoms. The van der Waals surface area contributed by atoms with Crippen LogP contribution in [0.1, 0.15) is 18.9 Å². The van der Waals surface area contributed by atoms with Crippen LogP contribution in [0.2, 0.25) is 0 Å². The van der Waals surface area contributed by atoms with Gasteiger partial charge in [0.25, 0.3) is 0 Å². The van der Waals surface area contributed by atoms with Crippen molar-refractivity contribution in [3.63, 3.8) is 0 Å². The first-order chi connectivity index (χ1) is 9.29. The summed E-state index contributed by atoms with van der Waals surface area (Å²) in [5.74, 6) is 0.189. The molecule has 0 unspecified atom stereocenters. The zero-order valence-corrected chi connectivity index (χ0v) is 10.9. The maximum absolute atomic E-state index is 13.4. The van der Waals surface area contributed by atoms with Crippen LogP contribution in [0.4, 0.5) is 4.39 Å². The van der Waals surface area contributed by atoms with Gasteiger partial charge in [-0.1, -0.05) is 25.1 Å². The van der Waals surface area contributed by atoms with Gasteiger partial charge in [0.15, 0.2) is 11.6 Å². The predicted octanol–water partition coefficient (Wildman–Crippen LogP) is 3.51. The van der Waals surface area contributed by atoms with Gasteiger partial charge in [-0.3, -0.25) is 0 Å². The number of nitrogens with zero attached hydrogens (tertiary/aromatic N) is 1. The van der Waals surface area contributed by atoms with Crippen LogP contribution in [0.15, 0.2) is 42.6 Å². The third-order valence-electron chi connectivity index (χ3n) is 2.60. The van der Waals surface area contributed by atoms with Crippen LogP contribution in [0.25, 0.3) is 0 Å². The average molecular weight is 260 g/mol. The molecule has 2 rings (SSSR count). The van der Waals surface area contributed by atoms with Gasteiger partial charge in [-0.25, -0.2) is 9.37 Å². The molecule has 1 aromatic heterocycles. The second-order valence-corrected chi connectivity index (χ2v) is 4.21. The van der Waals surface area contributed by atoms with Gasteiger partial charge in [0.05, 0.1) is 0 Å². The maximum Gasteiger partial charge on any atom is 0.219 e. The minimum Gasteiger partial charge on any atom is -0.436 e.